The van der Waals surface area contributed by atoms with Gasteiger partial charge in [-0.05, 0) is 18.9 Å². The van der Waals surface area contributed by atoms with Crippen molar-refractivity contribution in [3.05, 3.63) is 24.5 Å². The number of hydrogen-bond donors (Lipinski definition) is 1. The maximum atomic E-state index is 5.93. The molecule has 22 heavy (non-hydrogen) atoms. The van der Waals surface area contributed by atoms with Gasteiger partial charge in [-0.25, -0.2) is 4.68 Å². The van der Waals surface area contributed by atoms with Crippen molar-refractivity contribution >= 4 is 11.8 Å². The molecule has 0 radical (unpaired) electrons. The summed E-state index contributed by atoms with van der Waals surface area (Å²) in [7, 11) is 0. The highest BCUT2D eigenvalue weighted by Crippen LogP contribution is 2.31. The molecule has 0 spiro atoms. The lowest BCUT2D eigenvalue weighted by atomic mass is 9.90. The molecule has 4 rings (SSSR count). The van der Waals surface area contributed by atoms with Gasteiger partial charge in [0, 0.05) is 25.0 Å². The van der Waals surface area contributed by atoms with Crippen molar-refractivity contribution in [1.29, 1.82) is 0 Å². The molecule has 116 valence electrons. The predicted octanol–water partition coefficient (Wildman–Crippen LogP) is 1.39. The summed E-state index contributed by atoms with van der Waals surface area (Å²) in [6, 6.07) is 4.21. The van der Waals surface area contributed by atoms with Gasteiger partial charge in [0.15, 0.2) is 5.82 Å². The van der Waals surface area contributed by atoms with Gasteiger partial charge in [-0.3, -0.25) is 0 Å². The standard InChI is InChI=1S/C15H20N6O/c16-15-18-13(10-14(19-15)21-7-3-6-17-21)20-8-9-22-12-5-2-1-4-11(12)20/h3,6-7,10-12H,1-2,4-5,8-9H2,(H2,16,18,19). The predicted molar refractivity (Wildman–Crippen MR) is 82.9 cm³/mol. The van der Waals surface area contributed by atoms with Crippen molar-refractivity contribution in [1.82, 2.24) is 19.7 Å². The van der Waals surface area contributed by atoms with Gasteiger partial charge < -0.3 is 15.4 Å². The molecule has 2 aromatic rings. The molecule has 2 aromatic heterocycles. The third kappa shape index (κ3) is 2.41. The van der Waals surface area contributed by atoms with Crippen molar-refractivity contribution in [2.45, 2.75) is 37.8 Å². The van der Waals surface area contributed by atoms with E-state index in [4.69, 9.17) is 10.5 Å². The van der Waals surface area contributed by atoms with Gasteiger partial charge in [0.2, 0.25) is 5.95 Å². The number of nitrogens with two attached hydrogens (primary N) is 1. The first-order valence-electron chi connectivity index (χ1n) is 7.84. The second kappa shape index (κ2) is 5.57. The van der Waals surface area contributed by atoms with E-state index in [1.165, 1.54) is 12.8 Å². The molecule has 3 heterocycles. The highest BCUT2D eigenvalue weighted by atomic mass is 16.5. The molecule has 2 fully saturated rings. The van der Waals surface area contributed by atoms with Crippen LogP contribution in [0, 0.1) is 0 Å². The van der Waals surface area contributed by atoms with Crippen molar-refractivity contribution in [2.24, 2.45) is 0 Å². The Labute approximate surface area is 129 Å². The SMILES string of the molecule is Nc1nc(N2CCOC3CCCCC32)cc(-n2cccn2)n1. The lowest BCUT2D eigenvalue weighted by Crippen LogP contribution is -2.53. The van der Waals surface area contributed by atoms with Crippen LogP contribution in [0.4, 0.5) is 11.8 Å². The van der Waals surface area contributed by atoms with Crippen LogP contribution in [0.2, 0.25) is 0 Å². The van der Waals surface area contributed by atoms with Gasteiger partial charge in [-0.1, -0.05) is 12.8 Å². The first kappa shape index (κ1) is 13.5. The molecule has 1 saturated carbocycles. The third-order valence-electron chi connectivity index (χ3n) is 4.48. The molecule has 1 aliphatic carbocycles. The van der Waals surface area contributed by atoms with Crippen LogP contribution < -0.4 is 10.6 Å². The van der Waals surface area contributed by atoms with E-state index in [-0.39, 0.29) is 5.95 Å². The number of fused-ring (bicyclic) bond motifs is 1. The van der Waals surface area contributed by atoms with Crippen molar-refractivity contribution in [3.8, 4) is 5.82 Å². The monoisotopic (exact) mass is 300 g/mol. The number of morpholine rings is 1. The Balaban J connectivity index is 1.69. The normalized spacial score (nSPS) is 25.0. The maximum Gasteiger partial charge on any atom is 0.224 e. The summed E-state index contributed by atoms with van der Waals surface area (Å²) in [6.07, 6.45) is 8.66. The van der Waals surface area contributed by atoms with Gasteiger partial charge in [0.1, 0.15) is 5.82 Å². The molecule has 7 nitrogen and oxygen atoms in total. The molecule has 1 saturated heterocycles. The van der Waals surface area contributed by atoms with Gasteiger partial charge in [0.25, 0.3) is 0 Å². The highest BCUT2D eigenvalue weighted by Gasteiger charge is 2.35. The minimum Gasteiger partial charge on any atom is -0.374 e. The summed E-state index contributed by atoms with van der Waals surface area (Å²) < 4.78 is 7.64. The summed E-state index contributed by atoms with van der Waals surface area (Å²) in [5, 5.41) is 4.22. The summed E-state index contributed by atoms with van der Waals surface area (Å²) in [5.74, 6) is 1.85. The molecule has 2 aliphatic rings. The van der Waals surface area contributed by atoms with Crippen molar-refractivity contribution in [2.75, 3.05) is 23.8 Å². The first-order chi connectivity index (χ1) is 10.8. The number of anilines is 2. The largest absolute Gasteiger partial charge is 0.374 e. The van der Waals surface area contributed by atoms with Crippen LogP contribution in [-0.4, -0.2) is 45.0 Å². The minimum atomic E-state index is 0.279. The third-order valence-corrected chi connectivity index (χ3v) is 4.48. The molecule has 0 aromatic carbocycles. The van der Waals surface area contributed by atoms with Crippen LogP contribution in [-0.2, 0) is 4.74 Å². The number of aromatic nitrogens is 4. The second-order valence-corrected chi connectivity index (χ2v) is 5.85. The molecule has 2 atom stereocenters. The van der Waals surface area contributed by atoms with Crippen LogP contribution in [0.25, 0.3) is 5.82 Å². The summed E-state index contributed by atoms with van der Waals surface area (Å²) in [4.78, 5) is 11.1. The molecule has 0 bridgehead atoms. The fraction of sp³-hybridized carbons (Fsp3) is 0.533. The van der Waals surface area contributed by atoms with Crippen LogP contribution in [0.15, 0.2) is 24.5 Å². The van der Waals surface area contributed by atoms with Crippen LogP contribution in [0.1, 0.15) is 25.7 Å². The fourth-order valence-corrected chi connectivity index (χ4v) is 3.49. The molecule has 7 heteroatoms. The van der Waals surface area contributed by atoms with E-state index in [1.54, 1.807) is 10.9 Å². The van der Waals surface area contributed by atoms with E-state index in [9.17, 15) is 0 Å². The number of hydrogen-bond acceptors (Lipinski definition) is 6. The zero-order valence-electron chi connectivity index (χ0n) is 12.4. The number of rotatable bonds is 2. The van der Waals surface area contributed by atoms with Gasteiger partial charge in [-0.15, -0.1) is 0 Å². The Hall–Kier alpha value is -2.15. The van der Waals surface area contributed by atoms with Crippen LogP contribution in [0.5, 0.6) is 0 Å². The Morgan fingerprint density at radius 2 is 2.05 bits per heavy atom. The topological polar surface area (TPSA) is 82.1 Å². The smallest absolute Gasteiger partial charge is 0.224 e. The highest BCUT2D eigenvalue weighted by molar-refractivity contribution is 5.49. The first-order valence-corrected chi connectivity index (χ1v) is 7.84. The van der Waals surface area contributed by atoms with Crippen molar-refractivity contribution < 1.29 is 4.74 Å². The average Bonchev–Trinajstić information content (AvgIpc) is 3.08. The Morgan fingerprint density at radius 1 is 1.18 bits per heavy atom. The average molecular weight is 300 g/mol. The molecule has 1 aliphatic heterocycles. The van der Waals surface area contributed by atoms with Crippen molar-refractivity contribution in [3.63, 3.8) is 0 Å². The lowest BCUT2D eigenvalue weighted by Gasteiger charge is -2.44. The minimum absolute atomic E-state index is 0.279. The van der Waals surface area contributed by atoms with Crippen LogP contribution >= 0.6 is 0 Å². The van der Waals surface area contributed by atoms with Gasteiger partial charge >= 0.3 is 0 Å². The van der Waals surface area contributed by atoms with Crippen LogP contribution in [0.3, 0.4) is 0 Å². The Morgan fingerprint density at radius 3 is 2.91 bits per heavy atom. The number of nitrogen functional groups attached to an aromatic ring is 1. The number of ether oxygens (including phenoxy) is 1. The molecular weight excluding hydrogens is 280 g/mol. The zero-order chi connectivity index (χ0) is 14.9. The molecule has 2 unspecified atom stereocenters. The fourth-order valence-electron chi connectivity index (χ4n) is 3.49. The van der Waals surface area contributed by atoms with Gasteiger partial charge in [-0.2, -0.15) is 15.1 Å². The van der Waals surface area contributed by atoms with E-state index in [2.05, 4.69) is 20.0 Å². The summed E-state index contributed by atoms with van der Waals surface area (Å²) in [6.45, 7) is 1.58. The molecule has 0 amide bonds. The maximum absolute atomic E-state index is 5.93. The van der Waals surface area contributed by atoms with E-state index in [1.807, 2.05) is 18.3 Å². The second-order valence-electron chi connectivity index (χ2n) is 5.85. The Bertz CT molecular complexity index is 641. The van der Waals surface area contributed by atoms with E-state index < -0.39 is 0 Å². The lowest BCUT2D eigenvalue weighted by molar-refractivity contribution is -0.00898. The quantitative estimate of drug-likeness (QED) is 0.902. The Kier molecular flexibility index (Phi) is 3.42. The molecular formula is C15H20N6O. The molecule has 2 N–H and O–H groups in total. The zero-order valence-corrected chi connectivity index (χ0v) is 12.4. The van der Waals surface area contributed by atoms with E-state index >= 15 is 0 Å². The number of nitrogens with zero attached hydrogens (tertiary/aromatic N) is 5. The van der Waals surface area contributed by atoms with E-state index in [0.29, 0.717) is 18.0 Å². The summed E-state index contributed by atoms with van der Waals surface area (Å²) in [5.41, 5.74) is 5.92. The van der Waals surface area contributed by atoms with Gasteiger partial charge in [0.05, 0.1) is 18.8 Å². The van der Waals surface area contributed by atoms with E-state index in [0.717, 1.165) is 31.8 Å². The summed E-state index contributed by atoms with van der Waals surface area (Å²) >= 11 is 0.